The van der Waals surface area contributed by atoms with Crippen LogP contribution in [0.25, 0.3) is 0 Å². The first-order chi connectivity index (χ1) is 5.42. The molecule has 1 atom stereocenters. The molecule has 0 spiro atoms. The summed E-state index contributed by atoms with van der Waals surface area (Å²) in [4.78, 5) is 2.28. The molecule has 0 bridgehead atoms. The van der Waals surface area contributed by atoms with Gasteiger partial charge in [-0.15, -0.1) is 0 Å². The zero-order valence-electron chi connectivity index (χ0n) is 6.49. The summed E-state index contributed by atoms with van der Waals surface area (Å²) in [5.74, 6) is 0. The Morgan fingerprint density at radius 2 is 2.27 bits per heavy atom. The molecule has 2 aliphatic rings. The number of likely N-dealkylation sites (tertiary alicyclic amines) is 1. The number of nitrogens with zero attached hydrogens (tertiary/aromatic N) is 2. The van der Waals surface area contributed by atoms with Gasteiger partial charge in [0.05, 0.1) is 31.4 Å². The Morgan fingerprint density at radius 1 is 1.45 bits per heavy atom. The quantitative estimate of drug-likeness (QED) is 0.544. The average molecular weight is 152 g/mol. The Kier molecular flexibility index (Phi) is 1.80. The first-order valence-corrected chi connectivity index (χ1v) is 4.15. The summed E-state index contributed by atoms with van der Waals surface area (Å²) >= 11 is 0. The van der Waals surface area contributed by atoms with Crippen molar-refractivity contribution < 1.29 is 4.74 Å². The van der Waals surface area contributed by atoms with Gasteiger partial charge in [-0.05, 0) is 19.4 Å². The van der Waals surface area contributed by atoms with Crippen molar-refractivity contribution in [1.29, 1.82) is 5.26 Å². The van der Waals surface area contributed by atoms with Crippen LogP contribution in [0.5, 0.6) is 0 Å². The number of hydrogen-bond acceptors (Lipinski definition) is 3. The first kappa shape index (κ1) is 7.08. The lowest BCUT2D eigenvalue weighted by Gasteiger charge is -2.36. The van der Waals surface area contributed by atoms with E-state index in [1.54, 1.807) is 0 Å². The largest absolute Gasteiger partial charge is 0.378 e. The molecule has 0 aliphatic carbocycles. The molecule has 2 aliphatic heterocycles. The van der Waals surface area contributed by atoms with Gasteiger partial charge in [-0.3, -0.25) is 4.90 Å². The summed E-state index contributed by atoms with van der Waals surface area (Å²) in [5.41, 5.74) is 0. The lowest BCUT2D eigenvalue weighted by atomic mass is 10.2. The normalized spacial score (nSPS) is 33.2. The maximum atomic E-state index is 8.77. The van der Waals surface area contributed by atoms with Gasteiger partial charge in [-0.2, -0.15) is 5.26 Å². The molecule has 60 valence electrons. The van der Waals surface area contributed by atoms with Crippen LogP contribution in [0.2, 0.25) is 0 Å². The molecule has 1 unspecified atom stereocenters. The predicted octanol–water partition coefficient (Wildman–Crippen LogP) is 0.373. The van der Waals surface area contributed by atoms with Gasteiger partial charge in [0.2, 0.25) is 0 Å². The fraction of sp³-hybridized carbons (Fsp3) is 0.875. The second kappa shape index (κ2) is 2.80. The second-order valence-corrected chi connectivity index (χ2v) is 3.22. The zero-order chi connectivity index (χ0) is 7.68. The highest BCUT2D eigenvalue weighted by Gasteiger charge is 2.34. The summed E-state index contributed by atoms with van der Waals surface area (Å²) in [7, 11) is 0. The molecule has 0 aromatic rings. The maximum absolute atomic E-state index is 8.77. The third kappa shape index (κ3) is 1.13. The van der Waals surface area contributed by atoms with Gasteiger partial charge in [0.15, 0.2) is 0 Å². The van der Waals surface area contributed by atoms with Crippen molar-refractivity contribution in [3.8, 4) is 6.07 Å². The van der Waals surface area contributed by atoms with E-state index in [4.69, 9.17) is 10.00 Å². The Balaban J connectivity index is 1.96. The van der Waals surface area contributed by atoms with Crippen LogP contribution >= 0.6 is 0 Å². The van der Waals surface area contributed by atoms with Crippen molar-refractivity contribution in [3.05, 3.63) is 0 Å². The van der Waals surface area contributed by atoms with E-state index in [0.717, 1.165) is 26.2 Å². The predicted molar refractivity (Wildman–Crippen MR) is 39.9 cm³/mol. The number of hydrogen-bond donors (Lipinski definition) is 0. The van der Waals surface area contributed by atoms with Gasteiger partial charge in [-0.25, -0.2) is 0 Å². The standard InChI is InChI=1S/C8H12N2O/c9-4-7-2-1-3-10(7)8-5-11-6-8/h7-8H,1-3,5-6H2. The van der Waals surface area contributed by atoms with Crippen LogP contribution in [0.15, 0.2) is 0 Å². The highest BCUT2D eigenvalue weighted by atomic mass is 16.5. The molecule has 2 rings (SSSR count). The van der Waals surface area contributed by atoms with Crippen LogP contribution in [0.3, 0.4) is 0 Å². The number of rotatable bonds is 1. The summed E-state index contributed by atoms with van der Waals surface area (Å²) < 4.78 is 5.09. The highest BCUT2D eigenvalue weighted by molar-refractivity contribution is 4.99. The van der Waals surface area contributed by atoms with Crippen molar-refractivity contribution >= 4 is 0 Å². The van der Waals surface area contributed by atoms with Crippen LogP contribution in [0.4, 0.5) is 0 Å². The average Bonchev–Trinajstić information content (AvgIpc) is 2.32. The SMILES string of the molecule is N#CC1CCCN1C1COC1. The molecule has 3 nitrogen and oxygen atoms in total. The Morgan fingerprint density at radius 3 is 2.82 bits per heavy atom. The molecular weight excluding hydrogens is 140 g/mol. The summed E-state index contributed by atoms with van der Waals surface area (Å²) in [6.45, 7) is 2.75. The summed E-state index contributed by atoms with van der Waals surface area (Å²) in [6.07, 6.45) is 2.22. The molecule has 2 saturated heterocycles. The van der Waals surface area contributed by atoms with E-state index in [0.29, 0.717) is 6.04 Å². The van der Waals surface area contributed by atoms with Gasteiger partial charge >= 0.3 is 0 Å². The van der Waals surface area contributed by atoms with Crippen LogP contribution in [0, 0.1) is 11.3 Å². The molecule has 2 fully saturated rings. The van der Waals surface area contributed by atoms with Gasteiger partial charge in [0.1, 0.15) is 0 Å². The van der Waals surface area contributed by atoms with Gasteiger partial charge in [0, 0.05) is 0 Å². The van der Waals surface area contributed by atoms with Crippen molar-refractivity contribution in [2.75, 3.05) is 19.8 Å². The van der Waals surface area contributed by atoms with Crippen molar-refractivity contribution in [1.82, 2.24) is 4.90 Å². The molecule has 0 aromatic carbocycles. The monoisotopic (exact) mass is 152 g/mol. The minimum atomic E-state index is 0.170. The molecule has 0 amide bonds. The first-order valence-electron chi connectivity index (χ1n) is 4.15. The molecule has 3 heteroatoms. The maximum Gasteiger partial charge on any atom is 0.0982 e. The van der Waals surface area contributed by atoms with E-state index in [-0.39, 0.29) is 6.04 Å². The molecule has 0 N–H and O–H groups in total. The van der Waals surface area contributed by atoms with Gasteiger partial charge in [0.25, 0.3) is 0 Å². The lowest BCUT2D eigenvalue weighted by Crippen LogP contribution is -2.50. The Labute approximate surface area is 66.5 Å². The number of ether oxygens (including phenoxy) is 1. The van der Waals surface area contributed by atoms with E-state index >= 15 is 0 Å². The van der Waals surface area contributed by atoms with Crippen LogP contribution < -0.4 is 0 Å². The fourth-order valence-electron chi connectivity index (χ4n) is 1.78. The molecular formula is C8H12N2O. The minimum Gasteiger partial charge on any atom is -0.378 e. The molecule has 11 heavy (non-hydrogen) atoms. The van der Waals surface area contributed by atoms with E-state index in [2.05, 4.69) is 11.0 Å². The number of nitriles is 1. The van der Waals surface area contributed by atoms with Crippen LogP contribution in [0.1, 0.15) is 12.8 Å². The van der Waals surface area contributed by atoms with E-state index in [1.165, 1.54) is 6.42 Å². The van der Waals surface area contributed by atoms with Crippen LogP contribution in [-0.4, -0.2) is 36.7 Å². The van der Waals surface area contributed by atoms with Crippen molar-refractivity contribution in [2.24, 2.45) is 0 Å². The van der Waals surface area contributed by atoms with E-state index in [9.17, 15) is 0 Å². The molecule has 0 aromatic heterocycles. The van der Waals surface area contributed by atoms with Gasteiger partial charge in [-0.1, -0.05) is 0 Å². The van der Waals surface area contributed by atoms with Crippen molar-refractivity contribution in [2.45, 2.75) is 24.9 Å². The van der Waals surface area contributed by atoms with Crippen molar-refractivity contribution in [3.63, 3.8) is 0 Å². The summed E-state index contributed by atoms with van der Waals surface area (Å²) in [5, 5.41) is 8.77. The third-order valence-electron chi connectivity index (χ3n) is 2.53. The topological polar surface area (TPSA) is 36.3 Å². The second-order valence-electron chi connectivity index (χ2n) is 3.22. The lowest BCUT2D eigenvalue weighted by molar-refractivity contribution is -0.0635. The smallest absolute Gasteiger partial charge is 0.0982 e. The van der Waals surface area contributed by atoms with Crippen LogP contribution in [-0.2, 0) is 4.74 Å². The molecule has 2 heterocycles. The third-order valence-corrected chi connectivity index (χ3v) is 2.53. The highest BCUT2D eigenvalue weighted by Crippen LogP contribution is 2.22. The molecule has 0 radical (unpaired) electrons. The molecule has 0 saturated carbocycles. The zero-order valence-corrected chi connectivity index (χ0v) is 6.49. The Bertz CT molecular complexity index is 183. The van der Waals surface area contributed by atoms with E-state index in [1.807, 2.05) is 0 Å². The van der Waals surface area contributed by atoms with Gasteiger partial charge < -0.3 is 4.74 Å². The Hall–Kier alpha value is -0.590. The van der Waals surface area contributed by atoms with E-state index < -0.39 is 0 Å². The minimum absolute atomic E-state index is 0.170. The summed E-state index contributed by atoms with van der Waals surface area (Å²) in [6, 6.07) is 3.05. The fourth-order valence-corrected chi connectivity index (χ4v) is 1.78.